The number of hydrogen-bond acceptors (Lipinski definition) is 3. The van der Waals surface area contributed by atoms with E-state index in [4.69, 9.17) is 4.74 Å². The van der Waals surface area contributed by atoms with Crippen LogP contribution in [0.5, 0.6) is 0 Å². The minimum Gasteiger partial charge on any atom is -0.390 e. The van der Waals surface area contributed by atoms with Gasteiger partial charge in [-0.1, -0.05) is 31.7 Å². The van der Waals surface area contributed by atoms with Gasteiger partial charge in [-0.2, -0.15) is 0 Å². The van der Waals surface area contributed by atoms with Crippen molar-refractivity contribution in [2.75, 3.05) is 7.11 Å². The number of methoxy groups -OCH3 is 1. The van der Waals surface area contributed by atoms with E-state index in [1.807, 2.05) is 0 Å². The predicted octanol–water partition coefficient (Wildman–Crippen LogP) is 3.78. The molecule has 0 spiro atoms. The van der Waals surface area contributed by atoms with Crippen LogP contribution in [0.1, 0.15) is 49.8 Å². The van der Waals surface area contributed by atoms with Crippen molar-refractivity contribution in [3.63, 3.8) is 0 Å². The fraction of sp³-hybridized carbons (Fsp3) is 0.733. The van der Waals surface area contributed by atoms with Crippen molar-refractivity contribution in [1.82, 2.24) is 0 Å². The molecule has 0 bridgehead atoms. The summed E-state index contributed by atoms with van der Waals surface area (Å²) in [6, 6.07) is 4.22. The van der Waals surface area contributed by atoms with Crippen LogP contribution in [0.25, 0.3) is 0 Å². The van der Waals surface area contributed by atoms with Gasteiger partial charge in [0.1, 0.15) is 0 Å². The molecule has 1 aliphatic rings. The summed E-state index contributed by atoms with van der Waals surface area (Å²) in [4.78, 5) is 1.36. The third-order valence-electron chi connectivity index (χ3n) is 4.21. The first kappa shape index (κ1) is 14.0. The molecule has 1 saturated carbocycles. The number of aliphatic hydroxyl groups excluding tert-OH is 1. The topological polar surface area (TPSA) is 29.5 Å². The van der Waals surface area contributed by atoms with E-state index in [0.29, 0.717) is 0 Å². The van der Waals surface area contributed by atoms with Gasteiger partial charge in [-0.05, 0) is 37.1 Å². The SMILES string of the molecule is COC1(C(O)CCc2cccs2)CCCCCC1. The summed E-state index contributed by atoms with van der Waals surface area (Å²) in [7, 11) is 1.76. The number of aryl methyl sites for hydroxylation is 1. The lowest BCUT2D eigenvalue weighted by molar-refractivity contribution is -0.113. The van der Waals surface area contributed by atoms with Crippen LogP contribution >= 0.6 is 11.3 Å². The maximum absolute atomic E-state index is 10.5. The molecule has 1 heterocycles. The zero-order valence-corrected chi connectivity index (χ0v) is 12.0. The highest BCUT2D eigenvalue weighted by molar-refractivity contribution is 7.09. The van der Waals surface area contributed by atoms with Crippen molar-refractivity contribution in [3.8, 4) is 0 Å². The number of thiophene rings is 1. The lowest BCUT2D eigenvalue weighted by atomic mass is 9.85. The third-order valence-corrected chi connectivity index (χ3v) is 5.14. The molecule has 1 fully saturated rings. The van der Waals surface area contributed by atoms with Crippen LogP contribution in [0.3, 0.4) is 0 Å². The standard InChI is InChI=1S/C15H24O2S/c1-17-15(10-4-2-3-5-11-15)14(16)9-8-13-7-6-12-18-13/h6-7,12,14,16H,2-5,8-11H2,1H3. The van der Waals surface area contributed by atoms with Crippen molar-refractivity contribution < 1.29 is 9.84 Å². The largest absolute Gasteiger partial charge is 0.390 e. The Kier molecular flexibility index (Phi) is 5.22. The second-order valence-corrected chi connectivity index (χ2v) is 6.35. The van der Waals surface area contributed by atoms with E-state index in [-0.39, 0.29) is 11.7 Å². The van der Waals surface area contributed by atoms with Crippen LogP contribution in [-0.4, -0.2) is 23.9 Å². The van der Waals surface area contributed by atoms with Gasteiger partial charge in [0.15, 0.2) is 0 Å². The lowest BCUT2D eigenvalue weighted by Gasteiger charge is -2.36. The molecule has 18 heavy (non-hydrogen) atoms. The second-order valence-electron chi connectivity index (χ2n) is 5.32. The highest BCUT2D eigenvalue weighted by Crippen LogP contribution is 2.34. The molecule has 0 aliphatic heterocycles. The molecule has 1 atom stereocenters. The molecule has 0 radical (unpaired) electrons. The van der Waals surface area contributed by atoms with Crippen LogP contribution in [0.15, 0.2) is 17.5 Å². The molecule has 102 valence electrons. The van der Waals surface area contributed by atoms with Gasteiger partial charge in [-0.15, -0.1) is 11.3 Å². The normalized spacial score (nSPS) is 21.4. The summed E-state index contributed by atoms with van der Waals surface area (Å²) < 4.78 is 5.74. The third kappa shape index (κ3) is 3.34. The van der Waals surface area contributed by atoms with Crippen molar-refractivity contribution in [2.45, 2.75) is 63.1 Å². The highest BCUT2D eigenvalue weighted by Gasteiger charge is 2.37. The average molecular weight is 268 g/mol. The predicted molar refractivity (Wildman–Crippen MR) is 76.1 cm³/mol. The zero-order chi connectivity index (χ0) is 12.8. The van der Waals surface area contributed by atoms with Crippen LogP contribution in [0.4, 0.5) is 0 Å². The minimum atomic E-state index is -0.331. The van der Waals surface area contributed by atoms with E-state index in [2.05, 4.69) is 17.5 Å². The summed E-state index contributed by atoms with van der Waals surface area (Å²) in [5.74, 6) is 0. The van der Waals surface area contributed by atoms with E-state index in [0.717, 1.165) is 25.7 Å². The fourth-order valence-corrected chi connectivity index (χ4v) is 3.72. The maximum atomic E-state index is 10.5. The van der Waals surface area contributed by atoms with Crippen LogP contribution in [0, 0.1) is 0 Å². The monoisotopic (exact) mass is 268 g/mol. The Hall–Kier alpha value is -0.380. The Morgan fingerprint density at radius 2 is 2.06 bits per heavy atom. The van der Waals surface area contributed by atoms with Crippen molar-refractivity contribution in [2.24, 2.45) is 0 Å². The Morgan fingerprint density at radius 3 is 2.61 bits per heavy atom. The quantitative estimate of drug-likeness (QED) is 0.823. The maximum Gasteiger partial charge on any atom is 0.0936 e. The minimum absolute atomic E-state index is 0.284. The summed E-state index contributed by atoms with van der Waals surface area (Å²) in [5.41, 5.74) is -0.284. The summed E-state index contributed by atoms with van der Waals surface area (Å²) in [6.45, 7) is 0. The van der Waals surface area contributed by atoms with Gasteiger partial charge in [0.05, 0.1) is 11.7 Å². The fourth-order valence-electron chi connectivity index (χ4n) is 3.00. The molecule has 1 aliphatic carbocycles. The molecule has 0 saturated heterocycles. The van der Waals surface area contributed by atoms with Gasteiger partial charge in [0, 0.05) is 12.0 Å². The molecule has 2 rings (SSSR count). The lowest BCUT2D eigenvalue weighted by Crippen LogP contribution is -2.44. The molecule has 2 nitrogen and oxygen atoms in total. The van der Waals surface area contributed by atoms with Gasteiger partial charge >= 0.3 is 0 Å². The van der Waals surface area contributed by atoms with Crippen LogP contribution in [0.2, 0.25) is 0 Å². The molecule has 1 aromatic rings. The van der Waals surface area contributed by atoms with E-state index >= 15 is 0 Å². The summed E-state index contributed by atoms with van der Waals surface area (Å²) in [6.07, 6.45) is 8.39. The van der Waals surface area contributed by atoms with E-state index < -0.39 is 0 Å². The van der Waals surface area contributed by atoms with E-state index in [1.165, 1.54) is 30.6 Å². The number of aliphatic hydroxyl groups is 1. The number of ether oxygens (including phenoxy) is 1. The molecule has 0 aromatic carbocycles. The Balaban J connectivity index is 1.93. The van der Waals surface area contributed by atoms with E-state index in [1.54, 1.807) is 18.4 Å². The molecule has 1 N–H and O–H groups in total. The number of rotatable bonds is 5. The average Bonchev–Trinajstić information content (AvgIpc) is 2.79. The first-order chi connectivity index (χ1) is 8.77. The number of hydrogen-bond donors (Lipinski definition) is 1. The Morgan fingerprint density at radius 1 is 1.33 bits per heavy atom. The Bertz CT molecular complexity index is 326. The van der Waals surface area contributed by atoms with Crippen LogP contribution in [-0.2, 0) is 11.2 Å². The Labute approximate surface area is 114 Å². The van der Waals surface area contributed by atoms with Crippen molar-refractivity contribution >= 4 is 11.3 Å². The van der Waals surface area contributed by atoms with Crippen molar-refractivity contribution in [1.29, 1.82) is 0 Å². The zero-order valence-electron chi connectivity index (χ0n) is 11.2. The molecular formula is C15H24O2S. The first-order valence-electron chi connectivity index (χ1n) is 7.02. The smallest absolute Gasteiger partial charge is 0.0936 e. The molecule has 1 aromatic heterocycles. The molecule has 3 heteroatoms. The first-order valence-corrected chi connectivity index (χ1v) is 7.90. The van der Waals surface area contributed by atoms with Crippen molar-refractivity contribution in [3.05, 3.63) is 22.4 Å². The van der Waals surface area contributed by atoms with E-state index in [9.17, 15) is 5.11 Å². The second kappa shape index (κ2) is 6.69. The van der Waals surface area contributed by atoms with Gasteiger partial charge in [0.2, 0.25) is 0 Å². The van der Waals surface area contributed by atoms with Gasteiger partial charge in [-0.3, -0.25) is 0 Å². The summed E-state index contributed by atoms with van der Waals surface area (Å²) >= 11 is 1.77. The van der Waals surface area contributed by atoms with Crippen LogP contribution < -0.4 is 0 Å². The van der Waals surface area contributed by atoms with Gasteiger partial charge < -0.3 is 9.84 Å². The van der Waals surface area contributed by atoms with Gasteiger partial charge in [-0.25, -0.2) is 0 Å². The van der Waals surface area contributed by atoms with Gasteiger partial charge in [0.25, 0.3) is 0 Å². The molecule has 0 amide bonds. The highest BCUT2D eigenvalue weighted by atomic mass is 32.1. The molecular weight excluding hydrogens is 244 g/mol. The summed E-state index contributed by atoms with van der Waals surface area (Å²) in [5, 5.41) is 12.6. The molecule has 1 unspecified atom stereocenters.